The van der Waals surface area contributed by atoms with E-state index in [-0.39, 0.29) is 30.0 Å². The minimum absolute atomic E-state index is 0.0500. The molecular weight excluding hydrogens is 488 g/mol. The van der Waals surface area contributed by atoms with Crippen molar-refractivity contribution >= 4 is 23.4 Å². The van der Waals surface area contributed by atoms with Gasteiger partial charge in [-0.1, -0.05) is 23.7 Å². The number of rotatable bonds is 6. The molecule has 36 heavy (non-hydrogen) atoms. The molecular formula is C24H23ClN6O5. The molecule has 1 aliphatic rings. The largest absolute Gasteiger partial charge is 0.459 e. The Morgan fingerprint density at radius 1 is 1.06 bits per heavy atom. The fourth-order valence-electron chi connectivity index (χ4n) is 4.04. The van der Waals surface area contributed by atoms with Gasteiger partial charge in [0.05, 0.1) is 12.6 Å². The van der Waals surface area contributed by atoms with Crippen LogP contribution < -0.4 is 5.76 Å². The van der Waals surface area contributed by atoms with Gasteiger partial charge in [-0.15, -0.1) is 5.10 Å². The predicted molar refractivity (Wildman–Crippen MR) is 128 cm³/mol. The molecule has 0 spiro atoms. The van der Waals surface area contributed by atoms with E-state index in [1.165, 1.54) is 6.26 Å². The number of imidazole rings is 1. The fourth-order valence-corrected chi connectivity index (χ4v) is 4.17. The molecule has 1 fully saturated rings. The van der Waals surface area contributed by atoms with Crippen LogP contribution >= 0.6 is 11.6 Å². The molecule has 0 radical (unpaired) electrons. The summed E-state index contributed by atoms with van der Waals surface area (Å²) in [5, 5.41) is 4.86. The van der Waals surface area contributed by atoms with Crippen LogP contribution in [0.15, 0.2) is 62.6 Å². The van der Waals surface area contributed by atoms with Crippen molar-refractivity contribution in [3.05, 3.63) is 81.6 Å². The topological polar surface area (TPSA) is 120 Å². The molecule has 1 saturated heterocycles. The van der Waals surface area contributed by atoms with Crippen molar-refractivity contribution in [2.24, 2.45) is 0 Å². The molecule has 5 rings (SSSR count). The van der Waals surface area contributed by atoms with Crippen molar-refractivity contribution in [3.63, 3.8) is 0 Å². The summed E-state index contributed by atoms with van der Waals surface area (Å²) in [7, 11) is 0. The summed E-state index contributed by atoms with van der Waals surface area (Å²) in [4.78, 5) is 45.2. The first-order chi connectivity index (χ1) is 17.4. The molecule has 0 atom stereocenters. The lowest BCUT2D eigenvalue weighted by Gasteiger charge is -2.34. The molecule has 1 aliphatic heterocycles. The van der Waals surface area contributed by atoms with Crippen LogP contribution in [0.5, 0.6) is 0 Å². The zero-order valence-electron chi connectivity index (χ0n) is 19.5. The zero-order chi connectivity index (χ0) is 25.2. The Balaban J connectivity index is 1.22. The summed E-state index contributed by atoms with van der Waals surface area (Å²) >= 11 is 5.95. The van der Waals surface area contributed by atoms with E-state index in [1.807, 2.05) is 35.8 Å². The number of carbonyl (C=O) groups excluding carboxylic acids is 2. The van der Waals surface area contributed by atoms with E-state index >= 15 is 0 Å². The third-order valence-corrected chi connectivity index (χ3v) is 6.36. The minimum Gasteiger partial charge on any atom is -0.459 e. The highest BCUT2D eigenvalue weighted by Gasteiger charge is 2.27. The van der Waals surface area contributed by atoms with Crippen molar-refractivity contribution in [3.8, 4) is 11.6 Å². The molecule has 3 aromatic heterocycles. The second-order valence-electron chi connectivity index (χ2n) is 8.41. The highest BCUT2D eigenvalue weighted by molar-refractivity contribution is 6.30. The third kappa shape index (κ3) is 4.82. The summed E-state index contributed by atoms with van der Waals surface area (Å²) in [6, 6.07) is 10.7. The van der Waals surface area contributed by atoms with Crippen molar-refractivity contribution in [1.29, 1.82) is 0 Å². The van der Waals surface area contributed by atoms with Crippen LogP contribution in [0.4, 0.5) is 0 Å². The highest BCUT2D eigenvalue weighted by Crippen LogP contribution is 2.20. The van der Waals surface area contributed by atoms with Crippen LogP contribution in [0.2, 0.25) is 5.02 Å². The number of aromatic nitrogens is 4. The van der Waals surface area contributed by atoms with E-state index < -0.39 is 5.76 Å². The van der Waals surface area contributed by atoms with E-state index in [0.717, 1.165) is 15.9 Å². The lowest BCUT2D eigenvalue weighted by molar-refractivity contribution is -0.133. The molecule has 0 aliphatic carbocycles. The van der Waals surface area contributed by atoms with Crippen LogP contribution in [0.3, 0.4) is 0 Å². The normalized spacial score (nSPS) is 13.8. The first-order valence-electron chi connectivity index (χ1n) is 11.3. The van der Waals surface area contributed by atoms with E-state index in [0.29, 0.717) is 43.4 Å². The number of furan rings is 1. The molecule has 186 valence electrons. The molecule has 12 heteroatoms. The molecule has 0 N–H and O–H groups in total. The van der Waals surface area contributed by atoms with Gasteiger partial charge in [0.25, 0.3) is 11.8 Å². The number of hydrogen-bond acceptors (Lipinski definition) is 7. The van der Waals surface area contributed by atoms with E-state index in [9.17, 15) is 14.4 Å². The van der Waals surface area contributed by atoms with Gasteiger partial charge in [0.1, 0.15) is 12.2 Å². The van der Waals surface area contributed by atoms with Crippen LogP contribution in [0, 0.1) is 6.92 Å². The quantitative estimate of drug-likeness (QED) is 0.390. The fraction of sp³-hybridized carbons (Fsp3) is 0.292. The smallest absolute Gasteiger partial charge is 0.437 e. The molecule has 1 aromatic carbocycles. The molecule has 0 unspecified atom stereocenters. The Morgan fingerprint density at radius 2 is 1.78 bits per heavy atom. The monoisotopic (exact) mass is 510 g/mol. The van der Waals surface area contributed by atoms with Gasteiger partial charge in [-0.25, -0.2) is 9.78 Å². The first kappa shape index (κ1) is 23.6. The van der Waals surface area contributed by atoms with Gasteiger partial charge in [-0.05, 0) is 36.8 Å². The number of benzene rings is 1. The average Bonchev–Trinajstić information content (AvgIpc) is 3.62. The second kappa shape index (κ2) is 9.86. The standard InChI is InChI=1S/C24H23ClN6O5/c1-16-21(26-15-30(16)13-17-4-6-18(25)7-5-17)22-27-31(24(34)36-22)14-20(32)28-8-10-29(11-9-28)23(33)19-3-2-12-35-19/h2-7,12,15H,8-11,13-14H2,1H3. The van der Waals surface area contributed by atoms with E-state index in [4.69, 9.17) is 20.4 Å². The van der Waals surface area contributed by atoms with E-state index in [2.05, 4.69) is 10.1 Å². The van der Waals surface area contributed by atoms with Gasteiger partial charge in [0.15, 0.2) is 5.76 Å². The van der Waals surface area contributed by atoms with Gasteiger partial charge >= 0.3 is 5.76 Å². The number of nitrogens with zero attached hydrogens (tertiary/aromatic N) is 6. The summed E-state index contributed by atoms with van der Waals surface area (Å²) in [5.41, 5.74) is 2.23. The number of amides is 2. The average molecular weight is 511 g/mol. The first-order valence-corrected chi connectivity index (χ1v) is 11.7. The molecule has 0 bridgehead atoms. The lowest BCUT2D eigenvalue weighted by Crippen LogP contribution is -2.51. The van der Waals surface area contributed by atoms with Crippen molar-refractivity contribution < 1.29 is 18.4 Å². The highest BCUT2D eigenvalue weighted by atomic mass is 35.5. The maximum absolute atomic E-state index is 12.8. The van der Waals surface area contributed by atoms with E-state index in [1.54, 1.807) is 28.3 Å². The Kier molecular flexibility index (Phi) is 6.47. The summed E-state index contributed by atoms with van der Waals surface area (Å²) < 4.78 is 13.4. The third-order valence-electron chi connectivity index (χ3n) is 6.11. The van der Waals surface area contributed by atoms with Crippen LogP contribution in [0.1, 0.15) is 21.8 Å². The molecule has 4 heterocycles. The Bertz CT molecular complexity index is 1430. The molecule has 2 amide bonds. The van der Waals surface area contributed by atoms with Crippen LogP contribution in [0.25, 0.3) is 11.6 Å². The van der Waals surface area contributed by atoms with Crippen molar-refractivity contribution in [2.45, 2.75) is 20.0 Å². The van der Waals surface area contributed by atoms with Crippen molar-refractivity contribution in [2.75, 3.05) is 26.2 Å². The van der Waals surface area contributed by atoms with Gasteiger partial charge in [-0.3, -0.25) is 9.59 Å². The number of piperazine rings is 1. The Hall–Kier alpha value is -4.12. The van der Waals surface area contributed by atoms with Gasteiger partial charge in [0.2, 0.25) is 5.91 Å². The Labute approximate surface area is 210 Å². The van der Waals surface area contributed by atoms with Gasteiger partial charge in [0, 0.05) is 43.4 Å². The lowest BCUT2D eigenvalue weighted by atomic mass is 10.2. The Morgan fingerprint density at radius 3 is 2.47 bits per heavy atom. The molecule has 11 nitrogen and oxygen atoms in total. The maximum atomic E-state index is 12.8. The SMILES string of the molecule is Cc1c(-c2nn(CC(=O)N3CCN(C(=O)c4ccco4)CC3)c(=O)o2)ncn1Cc1ccc(Cl)cc1. The molecule has 4 aromatic rings. The number of hydrogen-bond donors (Lipinski definition) is 0. The second-order valence-corrected chi connectivity index (χ2v) is 8.85. The van der Waals surface area contributed by atoms with Crippen LogP contribution in [-0.4, -0.2) is 67.1 Å². The summed E-state index contributed by atoms with van der Waals surface area (Å²) in [6.45, 7) is 3.58. The van der Waals surface area contributed by atoms with Gasteiger partial charge in [-0.2, -0.15) is 4.68 Å². The molecule has 0 saturated carbocycles. The van der Waals surface area contributed by atoms with Crippen LogP contribution in [-0.2, 0) is 17.9 Å². The van der Waals surface area contributed by atoms with Gasteiger partial charge < -0.3 is 23.2 Å². The van der Waals surface area contributed by atoms with Crippen molar-refractivity contribution in [1.82, 2.24) is 29.1 Å². The minimum atomic E-state index is -0.739. The number of halogens is 1. The maximum Gasteiger partial charge on any atom is 0.437 e. The predicted octanol–water partition coefficient (Wildman–Crippen LogP) is 2.29. The zero-order valence-corrected chi connectivity index (χ0v) is 20.2. The summed E-state index contributed by atoms with van der Waals surface area (Å²) in [5.74, 6) is -0.921. The number of carbonyl (C=O) groups is 2. The summed E-state index contributed by atoms with van der Waals surface area (Å²) in [6.07, 6.45) is 3.09.